The SMILES string of the molecule is CN[C@H](CC(C)C)C(=O)N[C@H]1C(=O)N[C@@H](CC(N)=O)C(=O)N[C@H]2C(=S)N[C@H]3C(=O)NC[C@H](C(=O)N[C@H](CO)c4cc(OC)cc(OC)c4-c4cc3ccc4OC)[C@H](O)c3ccc(c(Cl)c3)Oc3cc2cc(c3OC)Oc2ccc(cc2Cl)[C@H]1O. The van der Waals surface area contributed by atoms with Crippen LogP contribution in [0.2, 0.25) is 10.0 Å². The van der Waals surface area contributed by atoms with E-state index in [0.29, 0.717) is 17.5 Å². The van der Waals surface area contributed by atoms with Gasteiger partial charge in [-0.25, -0.2) is 0 Å². The molecule has 0 spiro atoms. The number of hydrogen-bond acceptors (Lipinski definition) is 17. The Balaban J connectivity index is 1.39. The van der Waals surface area contributed by atoms with Crippen LogP contribution in [0.3, 0.4) is 0 Å². The first-order valence-electron chi connectivity index (χ1n) is 26.4. The number of ether oxygens (including phenoxy) is 6. The second-order valence-corrected chi connectivity index (χ2v) is 21.7. The predicted molar refractivity (Wildman–Crippen MR) is 311 cm³/mol. The zero-order valence-electron chi connectivity index (χ0n) is 46.6. The van der Waals surface area contributed by atoms with Gasteiger partial charge in [-0.2, -0.15) is 0 Å². The number of benzene rings is 5. The lowest BCUT2D eigenvalue weighted by atomic mass is 9.90. The Morgan fingerprint density at radius 1 is 0.702 bits per heavy atom. The molecule has 10 rings (SSSR count). The van der Waals surface area contributed by atoms with E-state index in [1.807, 2.05) is 13.8 Å². The molecule has 84 heavy (non-hydrogen) atoms. The number of aliphatic hydroxyl groups excluding tert-OH is 3. The molecular weight excluding hydrogens is 1150 g/mol. The molecule has 23 nitrogen and oxygen atoms in total. The highest BCUT2D eigenvalue weighted by molar-refractivity contribution is 7.80. The molecule has 5 aliphatic heterocycles. The Hall–Kier alpha value is -7.97. The van der Waals surface area contributed by atoms with Crippen molar-refractivity contribution in [2.75, 3.05) is 48.6 Å². The first kappa shape index (κ1) is 62.1. The van der Waals surface area contributed by atoms with E-state index in [-0.39, 0.29) is 94.8 Å². The van der Waals surface area contributed by atoms with Crippen molar-refractivity contribution in [2.24, 2.45) is 17.6 Å². The van der Waals surface area contributed by atoms with Crippen molar-refractivity contribution in [1.82, 2.24) is 37.2 Å². The molecule has 11 bridgehead atoms. The van der Waals surface area contributed by atoms with Gasteiger partial charge in [0.25, 0.3) is 0 Å². The van der Waals surface area contributed by atoms with Crippen LogP contribution in [-0.2, 0) is 28.8 Å². The molecule has 5 aromatic carbocycles. The van der Waals surface area contributed by atoms with Gasteiger partial charge in [0.1, 0.15) is 64.0 Å². The van der Waals surface area contributed by atoms with Gasteiger partial charge in [-0.3, -0.25) is 28.8 Å². The van der Waals surface area contributed by atoms with E-state index in [2.05, 4.69) is 37.2 Å². The van der Waals surface area contributed by atoms with E-state index in [4.69, 9.17) is 69.6 Å². The smallest absolute Gasteiger partial charge is 0.247 e. The van der Waals surface area contributed by atoms with Crippen LogP contribution in [0, 0.1) is 11.8 Å². The highest BCUT2D eigenvalue weighted by atomic mass is 35.5. The third kappa shape index (κ3) is 13.3. The fourth-order valence-electron chi connectivity index (χ4n) is 10.2. The Kier molecular flexibility index (Phi) is 19.8. The number of likely N-dealkylation sites (N-methyl/N-ethyl adjacent to an activating group) is 1. The van der Waals surface area contributed by atoms with Gasteiger partial charge in [0.05, 0.1) is 75.6 Å². The normalized spacial score (nSPS) is 22.0. The van der Waals surface area contributed by atoms with Gasteiger partial charge in [0.2, 0.25) is 41.2 Å². The van der Waals surface area contributed by atoms with E-state index in [0.717, 1.165) is 0 Å². The van der Waals surface area contributed by atoms with E-state index < -0.39 is 109 Å². The molecule has 0 fully saturated rings. The minimum absolute atomic E-state index is 0.0164. The third-order valence-electron chi connectivity index (χ3n) is 14.5. The molecule has 0 aliphatic carbocycles. The van der Waals surface area contributed by atoms with E-state index in [1.165, 1.54) is 77.0 Å². The zero-order valence-corrected chi connectivity index (χ0v) is 48.9. The van der Waals surface area contributed by atoms with Gasteiger partial charge in [0.15, 0.2) is 11.5 Å². The van der Waals surface area contributed by atoms with Crippen LogP contribution in [0.5, 0.6) is 46.0 Å². The molecule has 5 aliphatic rings. The summed E-state index contributed by atoms with van der Waals surface area (Å²) in [5.74, 6) is -6.71. The first-order valence-corrected chi connectivity index (χ1v) is 27.6. The minimum Gasteiger partial charge on any atom is -0.497 e. The number of halogens is 2. The summed E-state index contributed by atoms with van der Waals surface area (Å²) in [7, 11) is 7.11. The second-order valence-electron chi connectivity index (χ2n) is 20.4. The maximum Gasteiger partial charge on any atom is 0.247 e. The predicted octanol–water partition coefficient (Wildman–Crippen LogP) is 4.56. The number of nitrogens with one attached hydrogen (secondary N) is 7. The molecule has 5 aromatic rings. The molecular formula is C58H64Cl2N8O15S. The molecule has 446 valence electrons. The number of rotatable bonds is 12. The number of thiocarbonyl (C=S) groups is 1. The van der Waals surface area contributed by atoms with Crippen molar-refractivity contribution in [2.45, 2.75) is 75.1 Å². The molecule has 9 atom stereocenters. The van der Waals surface area contributed by atoms with Crippen molar-refractivity contribution in [3.8, 4) is 57.1 Å². The van der Waals surface area contributed by atoms with Gasteiger partial charge in [-0.05, 0) is 102 Å². The number of hydrogen-bond donors (Lipinski definition) is 11. The molecule has 5 heterocycles. The maximum absolute atomic E-state index is 15.2. The van der Waals surface area contributed by atoms with Gasteiger partial charge in [-0.1, -0.05) is 67.5 Å². The van der Waals surface area contributed by atoms with Gasteiger partial charge in [-0.15, -0.1) is 0 Å². The lowest BCUT2D eigenvalue weighted by Crippen LogP contribution is -2.59. The van der Waals surface area contributed by atoms with Crippen molar-refractivity contribution in [3.05, 3.63) is 117 Å². The number of fused-ring (bicyclic) bond motifs is 15. The fraction of sp³-hybridized carbons (Fsp3) is 0.362. The van der Waals surface area contributed by atoms with Crippen LogP contribution in [0.25, 0.3) is 11.1 Å². The number of primary amides is 1. The molecule has 0 saturated carbocycles. The van der Waals surface area contributed by atoms with Gasteiger partial charge < -0.3 is 86.7 Å². The van der Waals surface area contributed by atoms with Crippen LogP contribution in [-0.4, -0.2) is 123 Å². The average Bonchev–Trinajstić information content (AvgIpc) is 3.25. The molecule has 0 aromatic heterocycles. The van der Waals surface area contributed by atoms with Crippen molar-refractivity contribution in [3.63, 3.8) is 0 Å². The lowest BCUT2D eigenvalue weighted by molar-refractivity contribution is -0.136. The van der Waals surface area contributed by atoms with Crippen LogP contribution in [0.4, 0.5) is 0 Å². The van der Waals surface area contributed by atoms with Crippen LogP contribution < -0.4 is 71.4 Å². The number of nitrogens with two attached hydrogens (primary N) is 1. The highest BCUT2D eigenvalue weighted by Crippen LogP contribution is 2.48. The largest absolute Gasteiger partial charge is 0.497 e. The number of carbonyl (C=O) groups excluding carboxylic acids is 6. The Bertz CT molecular complexity index is 3390. The minimum atomic E-state index is -1.84. The monoisotopic (exact) mass is 1210 g/mol. The van der Waals surface area contributed by atoms with Gasteiger partial charge >= 0.3 is 0 Å². The average molecular weight is 1220 g/mol. The Labute approximate surface area is 498 Å². The molecule has 12 N–H and O–H groups in total. The Morgan fingerprint density at radius 3 is 1.88 bits per heavy atom. The molecule has 6 amide bonds. The topological polar surface area (TPSA) is 329 Å². The van der Waals surface area contributed by atoms with Crippen molar-refractivity contribution in [1.29, 1.82) is 0 Å². The summed E-state index contributed by atoms with van der Waals surface area (Å²) in [5, 5.41) is 54.8. The summed E-state index contributed by atoms with van der Waals surface area (Å²) in [5.41, 5.74) is 7.01. The summed E-state index contributed by atoms with van der Waals surface area (Å²) in [6.45, 7) is 2.57. The van der Waals surface area contributed by atoms with Crippen LogP contribution >= 0.6 is 35.4 Å². The van der Waals surface area contributed by atoms with E-state index in [1.54, 1.807) is 37.4 Å². The summed E-state index contributed by atoms with van der Waals surface area (Å²) in [6, 6.07) is 10.1. The quantitative estimate of drug-likeness (QED) is 0.0763. The summed E-state index contributed by atoms with van der Waals surface area (Å²) < 4.78 is 36.4. The van der Waals surface area contributed by atoms with Crippen molar-refractivity contribution >= 4 is 75.9 Å². The lowest BCUT2D eigenvalue weighted by Gasteiger charge is -2.30. The second kappa shape index (κ2) is 26.7. The highest BCUT2D eigenvalue weighted by Gasteiger charge is 2.40. The van der Waals surface area contributed by atoms with Crippen LogP contribution in [0.15, 0.2) is 78.9 Å². The number of carbonyl (C=O) groups is 6. The first-order chi connectivity index (χ1) is 40.1. The van der Waals surface area contributed by atoms with Crippen molar-refractivity contribution < 1.29 is 72.5 Å². The van der Waals surface area contributed by atoms with E-state index >= 15 is 9.59 Å². The molecule has 0 saturated heterocycles. The fourth-order valence-corrected chi connectivity index (χ4v) is 10.9. The number of amides is 6. The molecule has 26 heteroatoms. The maximum atomic E-state index is 15.2. The number of aliphatic hydroxyl groups is 3. The Morgan fingerprint density at radius 2 is 1.32 bits per heavy atom. The molecule has 0 unspecified atom stereocenters. The number of methoxy groups -OCH3 is 4. The summed E-state index contributed by atoms with van der Waals surface area (Å²) >= 11 is 20.2. The standard InChI is InChI=1S/C58H64Cl2N8O15S/c1-25(2)14-36(62-3)54(74)67-49-51(72)28-10-13-41(35(60)17-28)83-44-19-29-18-43(52(44)81-7)82-40-12-9-27(16-34(40)59)50(71)33-23-63-56(76)47(68-58(84)48(29)66-55(75)37(22-45(61)70)64-57(49)77)26-8-11-39(79-5)32(15-26)46-31(38(24-69)65-53(33)73)20-30(78-4)21-42(46)80-6/h8-13,15-21,25,33,36-38,47-51,62,69,71-72H,14,22-24H2,1-7H3,(H2,61,70)(H,63,76)(H,64,77)(H,65,73)(H,66,75)(H,67,74)(H,68,84)/t33-,36+,37-,38+,47+,48+,49+,50+,51+/m0/s1. The van der Waals surface area contributed by atoms with Gasteiger partial charge in [0, 0.05) is 23.7 Å². The molecule has 0 radical (unpaired) electrons. The van der Waals surface area contributed by atoms with Crippen LogP contribution in [0.1, 0.15) is 84.8 Å². The van der Waals surface area contributed by atoms with E-state index in [9.17, 15) is 34.5 Å². The zero-order chi connectivity index (χ0) is 60.8. The third-order valence-corrected chi connectivity index (χ3v) is 15.4. The summed E-state index contributed by atoms with van der Waals surface area (Å²) in [4.78, 5) is 86.3. The summed E-state index contributed by atoms with van der Waals surface area (Å²) in [6.07, 6.45) is -4.03.